The van der Waals surface area contributed by atoms with Gasteiger partial charge in [-0.05, 0) is 6.07 Å². The van der Waals surface area contributed by atoms with Crippen molar-refractivity contribution in [2.24, 2.45) is 4.99 Å². The molecule has 1 fully saturated rings. The maximum absolute atomic E-state index is 11.1. The number of rotatable bonds is 4. The second kappa shape index (κ2) is 8.16. The van der Waals surface area contributed by atoms with Crippen LogP contribution in [-0.2, 0) is 9.53 Å². The zero-order valence-corrected chi connectivity index (χ0v) is 13.0. The van der Waals surface area contributed by atoms with E-state index in [0.717, 1.165) is 38.1 Å². The number of nitrogens with one attached hydrogen (secondary N) is 1. The molecule has 0 unspecified atom stereocenters. The van der Waals surface area contributed by atoms with Crippen LogP contribution < -0.4 is 10.2 Å². The number of nitrogens with zero attached hydrogens (tertiary/aromatic N) is 5. The maximum atomic E-state index is 11.1. The molecule has 0 radical (unpaired) electrons. The molecule has 1 aliphatic rings. The lowest BCUT2D eigenvalue weighted by Gasteiger charge is -2.36. The van der Waals surface area contributed by atoms with Crippen molar-refractivity contribution in [2.45, 2.75) is 6.42 Å². The molecule has 0 amide bonds. The number of anilines is 1. The fourth-order valence-corrected chi connectivity index (χ4v) is 2.28. The minimum Gasteiger partial charge on any atom is -0.469 e. The predicted molar refractivity (Wildman–Crippen MR) is 83.8 cm³/mol. The van der Waals surface area contributed by atoms with E-state index in [1.165, 1.54) is 7.11 Å². The summed E-state index contributed by atoms with van der Waals surface area (Å²) in [6, 6.07) is 1.81. The van der Waals surface area contributed by atoms with Crippen molar-refractivity contribution in [3.63, 3.8) is 0 Å². The Morgan fingerprint density at radius 2 is 2.00 bits per heavy atom. The van der Waals surface area contributed by atoms with Crippen molar-refractivity contribution in [1.82, 2.24) is 20.2 Å². The quantitative estimate of drug-likeness (QED) is 0.466. The Bertz CT molecular complexity index is 499. The topological polar surface area (TPSA) is 83.0 Å². The normalized spacial score (nSPS) is 15.6. The van der Waals surface area contributed by atoms with Gasteiger partial charge < -0.3 is 19.9 Å². The van der Waals surface area contributed by atoms with Crippen LogP contribution in [0.15, 0.2) is 23.5 Å². The van der Waals surface area contributed by atoms with E-state index in [1.807, 2.05) is 6.07 Å². The average molecular weight is 306 g/mol. The molecular weight excluding hydrogens is 284 g/mol. The fraction of sp³-hybridized carbons (Fsp3) is 0.571. The second-order valence-corrected chi connectivity index (χ2v) is 4.82. The Hall–Kier alpha value is -2.38. The van der Waals surface area contributed by atoms with E-state index in [2.05, 4.69) is 34.8 Å². The molecule has 1 aromatic rings. The molecule has 2 rings (SSSR count). The highest BCUT2D eigenvalue weighted by Gasteiger charge is 2.20. The van der Waals surface area contributed by atoms with Crippen molar-refractivity contribution < 1.29 is 9.53 Å². The number of piperazine rings is 1. The highest BCUT2D eigenvalue weighted by Crippen LogP contribution is 2.09. The summed E-state index contributed by atoms with van der Waals surface area (Å²) in [6.45, 7) is 3.84. The van der Waals surface area contributed by atoms with Crippen LogP contribution in [0.3, 0.4) is 0 Å². The van der Waals surface area contributed by atoms with Gasteiger partial charge in [0.25, 0.3) is 0 Å². The molecule has 1 N–H and O–H groups in total. The van der Waals surface area contributed by atoms with Crippen LogP contribution in [0.1, 0.15) is 6.42 Å². The number of esters is 1. The highest BCUT2D eigenvalue weighted by atomic mass is 16.5. The van der Waals surface area contributed by atoms with E-state index in [0.29, 0.717) is 13.0 Å². The lowest BCUT2D eigenvalue weighted by molar-refractivity contribution is -0.140. The Kier molecular flexibility index (Phi) is 5.93. The summed E-state index contributed by atoms with van der Waals surface area (Å²) in [6.07, 6.45) is 3.83. The number of ether oxygens (including phenoxy) is 1. The average Bonchev–Trinajstić information content (AvgIpc) is 2.59. The van der Waals surface area contributed by atoms with Gasteiger partial charge in [0.05, 0.1) is 13.5 Å². The van der Waals surface area contributed by atoms with E-state index in [1.54, 1.807) is 19.4 Å². The highest BCUT2D eigenvalue weighted by molar-refractivity contribution is 5.80. The van der Waals surface area contributed by atoms with Crippen LogP contribution in [0.25, 0.3) is 0 Å². The van der Waals surface area contributed by atoms with Crippen LogP contribution in [0.2, 0.25) is 0 Å². The molecule has 1 aliphatic heterocycles. The van der Waals surface area contributed by atoms with E-state index < -0.39 is 0 Å². The van der Waals surface area contributed by atoms with Gasteiger partial charge in [0.15, 0.2) is 5.96 Å². The lowest BCUT2D eigenvalue weighted by Crippen LogP contribution is -2.53. The van der Waals surface area contributed by atoms with Crippen molar-refractivity contribution >= 4 is 17.9 Å². The molecule has 120 valence electrons. The van der Waals surface area contributed by atoms with Crippen molar-refractivity contribution in [1.29, 1.82) is 0 Å². The molecule has 8 nitrogen and oxygen atoms in total. The van der Waals surface area contributed by atoms with Crippen molar-refractivity contribution in [2.75, 3.05) is 51.8 Å². The first-order chi connectivity index (χ1) is 10.7. The molecule has 0 spiro atoms. The summed E-state index contributed by atoms with van der Waals surface area (Å²) in [5.74, 6) is 1.34. The molecular formula is C14H22N6O2. The van der Waals surface area contributed by atoms with E-state index in [4.69, 9.17) is 0 Å². The number of aliphatic imine (C=N–C) groups is 1. The molecule has 0 atom stereocenters. The largest absolute Gasteiger partial charge is 0.469 e. The molecule has 2 heterocycles. The molecule has 0 saturated carbocycles. The monoisotopic (exact) mass is 306 g/mol. The Balaban J connectivity index is 1.80. The third-order valence-corrected chi connectivity index (χ3v) is 3.47. The summed E-state index contributed by atoms with van der Waals surface area (Å²) in [5.41, 5.74) is 0. The zero-order valence-electron chi connectivity index (χ0n) is 13.0. The Labute approximate surface area is 130 Å². The van der Waals surface area contributed by atoms with Crippen LogP contribution in [0, 0.1) is 0 Å². The molecule has 0 bridgehead atoms. The minimum atomic E-state index is -0.228. The molecule has 0 aromatic carbocycles. The maximum Gasteiger partial charge on any atom is 0.307 e. The van der Waals surface area contributed by atoms with Gasteiger partial charge in [-0.3, -0.25) is 9.79 Å². The Morgan fingerprint density at radius 1 is 1.32 bits per heavy atom. The first kappa shape index (κ1) is 16.0. The number of methoxy groups -OCH3 is 1. The lowest BCUT2D eigenvalue weighted by atomic mass is 10.3. The Morgan fingerprint density at radius 3 is 2.59 bits per heavy atom. The molecule has 0 aliphatic carbocycles. The van der Waals surface area contributed by atoms with E-state index in [-0.39, 0.29) is 5.97 Å². The summed E-state index contributed by atoms with van der Waals surface area (Å²) < 4.78 is 4.62. The van der Waals surface area contributed by atoms with Crippen LogP contribution in [0.4, 0.5) is 5.95 Å². The predicted octanol–water partition coefficient (Wildman–Crippen LogP) is -0.263. The van der Waals surface area contributed by atoms with Crippen LogP contribution >= 0.6 is 0 Å². The number of hydrogen-bond acceptors (Lipinski definition) is 6. The number of carbonyl (C=O) groups is 1. The summed E-state index contributed by atoms with van der Waals surface area (Å²) in [5, 5.41) is 3.18. The summed E-state index contributed by atoms with van der Waals surface area (Å²) >= 11 is 0. The first-order valence-corrected chi connectivity index (χ1v) is 7.29. The summed E-state index contributed by atoms with van der Waals surface area (Å²) in [4.78, 5) is 28.2. The van der Waals surface area contributed by atoms with Crippen LogP contribution in [-0.4, -0.2) is 73.7 Å². The third kappa shape index (κ3) is 4.31. The van der Waals surface area contributed by atoms with E-state index >= 15 is 0 Å². The van der Waals surface area contributed by atoms with Gasteiger partial charge in [0.1, 0.15) is 0 Å². The zero-order chi connectivity index (χ0) is 15.8. The molecule has 22 heavy (non-hydrogen) atoms. The number of carbonyl (C=O) groups excluding carboxylic acids is 1. The second-order valence-electron chi connectivity index (χ2n) is 4.82. The van der Waals surface area contributed by atoms with Gasteiger partial charge >= 0.3 is 5.97 Å². The molecule has 1 aromatic heterocycles. The minimum absolute atomic E-state index is 0.228. The van der Waals surface area contributed by atoms with Gasteiger partial charge in [-0.15, -0.1) is 0 Å². The molecule has 8 heteroatoms. The van der Waals surface area contributed by atoms with Gasteiger partial charge in [-0.25, -0.2) is 9.97 Å². The first-order valence-electron chi connectivity index (χ1n) is 7.29. The molecule has 1 saturated heterocycles. The third-order valence-electron chi connectivity index (χ3n) is 3.47. The van der Waals surface area contributed by atoms with Gasteiger partial charge in [0.2, 0.25) is 5.95 Å². The number of hydrogen-bond donors (Lipinski definition) is 1. The van der Waals surface area contributed by atoms with Gasteiger partial charge in [-0.2, -0.15) is 0 Å². The smallest absolute Gasteiger partial charge is 0.307 e. The van der Waals surface area contributed by atoms with E-state index in [9.17, 15) is 4.79 Å². The number of aromatic nitrogens is 2. The van der Waals surface area contributed by atoms with Gasteiger partial charge in [-0.1, -0.05) is 0 Å². The van der Waals surface area contributed by atoms with Gasteiger partial charge in [0, 0.05) is 52.2 Å². The summed E-state index contributed by atoms with van der Waals surface area (Å²) in [7, 11) is 3.13. The van der Waals surface area contributed by atoms with Crippen LogP contribution in [0.5, 0.6) is 0 Å². The fourth-order valence-electron chi connectivity index (χ4n) is 2.28. The number of guanidine groups is 1. The van der Waals surface area contributed by atoms with Crippen molar-refractivity contribution in [3.8, 4) is 0 Å². The standard InChI is InChI=1S/C14H22N6O2/c1-15-13(18-7-4-12(21)22-2)19-8-10-20(11-9-19)14-16-5-3-6-17-14/h3,5-6H,4,7-11H2,1-2H3,(H,15,18). The SMILES string of the molecule is CN=C(NCCC(=O)OC)N1CCN(c2ncccn2)CC1. The van der Waals surface area contributed by atoms with Crippen molar-refractivity contribution in [3.05, 3.63) is 18.5 Å².